The Kier molecular flexibility index (Phi) is 6.87. The lowest BCUT2D eigenvalue weighted by Crippen LogP contribution is -2.52. The molecule has 1 N–H and O–H groups in total. The number of aromatic nitrogens is 2. The number of amides is 1. The predicted octanol–water partition coefficient (Wildman–Crippen LogP) is 2.54. The Labute approximate surface area is 162 Å². The number of imidazole rings is 1. The molecular weight excluding hydrogens is 408 g/mol. The molecule has 3 rings (SSSR count). The second kappa shape index (κ2) is 8.69. The molecule has 6 nitrogen and oxygen atoms in total. The fourth-order valence-electron chi connectivity index (χ4n) is 2.91. The molecule has 8 heteroatoms. The quantitative estimate of drug-likeness (QED) is 0.811. The van der Waals surface area contributed by atoms with E-state index in [1.54, 1.807) is 13.1 Å². The Morgan fingerprint density at radius 1 is 1.44 bits per heavy atom. The number of para-hydroxylation sites is 1. The summed E-state index contributed by atoms with van der Waals surface area (Å²) in [7, 11) is 1.95. The summed E-state index contributed by atoms with van der Waals surface area (Å²) in [5.41, 5.74) is 0. The summed E-state index contributed by atoms with van der Waals surface area (Å²) in [4.78, 5) is 19.2. The number of rotatable bonds is 4. The molecule has 0 aliphatic carbocycles. The summed E-state index contributed by atoms with van der Waals surface area (Å²) >= 11 is 3.45. The maximum absolute atomic E-state index is 13.0. The largest absolute Gasteiger partial charge is 0.480 e. The van der Waals surface area contributed by atoms with Crippen LogP contribution in [0.25, 0.3) is 0 Å². The van der Waals surface area contributed by atoms with E-state index in [2.05, 4.69) is 26.2 Å². The van der Waals surface area contributed by atoms with Crippen LogP contribution in [-0.2, 0) is 11.8 Å². The van der Waals surface area contributed by atoms with Crippen molar-refractivity contribution in [3.05, 3.63) is 47.0 Å². The van der Waals surface area contributed by atoms with E-state index >= 15 is 0 Å². The van der Waals surface area contributed by atoms with E-state index in [-0.39, 0.29) is 24.4 Å². The standard InChI is InChI=1S/C17H21BrN4O2.ClH/c1-12(24-15-6-4-3-5-13(15)18)17(23)22-10-7-19-11-14(22)16-20-8-9-21(16)2;/h3-6,8-9,12,14,19H,7,10-11H2,1-2H3;1H. The van der Waals surface area contributed by atoms with Crippen LogP contribution in [-0.4, -0.2) is 46.1 Å². The second-order valence-corrected chi connectivity index (χ2v) is 6.69. The zero-order chi connectivity index (χ0) is 17.1. The summed E-state index contributed by atoms with van der Waals surface area (Å²) < 4.78 is 8.66. The van der Waals surface area contributed by atoms with Crippen LogP contribution >= 0.6 is 28.3 Å². The minimum atomic E-state index is -0.565. The van der Waals surface area contributed by atoms with E-state index in [1.807, 2.05) is 47.0 Å². The number of nitrogens with zero attached hydrogens (tertiary/aromatic N) is 3. The molecule has 1 fully saturated rings. The van der Waals surface area contributed by atoms with Crippen LogP contribution in [0.4, 0.5) is 0 Å². The first-order chi connectivity index (χ1) is 11.6. The second-order valence-electron chi connectivity index (χ2n) is 5.84. The average Bonchev–Trinajstić information content (AvgIpc) is 3.02. The summed E-state index contributed by atoms with van der Waals surface area (Å²) in [6, 6.07) is 7.46. The molecule has 136 valence electrons. The van der Waals surface area contributed by atoms with Gasteiger partial charge in [0, 0.05) is 39.1 Å². The normalized spacial score (nSPS) is 18.4. The lowest BCUT2D eigenvalue weighted by molar-refractivity contribution is -0.141. The fourth-order valence-corrected chi connectivity index (χ4v) is 3.29. The third kappa shape index (κ3) is 4.34. The van der Waals surface area contributed by atoms with Crippen LogP contribution in [0.2, 0.25) is 0 Å². The van der Waals surface area contributed by atoms with Gasteiger partial charge in [-0.25, -0.2) is 4.98 Å². The molecule has 1 amide bonds. The van der Waals surface area contributed by atoms with Crippen molar-refractivity contribution in [1.29, 1.82) is 0 Å². The maximum atomic E-state index is 13.0. The molecule has 0 saturated carbocycles. The molecule has 25 heavy (non-hydrogen) atoms. The number of aryl methyl sites for hydroxylation is 1. The third-order valence-corrected chi connectivity index (χ3v) is 4.83. The summed E-state index contributed by atoms with van der Waals surface area (Å²) in [6.45, 7) is 3.89. The van der Waals surface area contributed by atoms with Gasteiger partial charge in [-0.2, -0.15) is 0 Å². The van der Waals surface area contributed by atoms with Crippen LogP contribution < -0.4 is 10.1 Å². The van der Waals surface area contributed by atoms with Crippen LogP contribution in [0, 0.1) is 0 Å². The van der Waals surface area contributed by atoms with E-state index < -0.39 is 6.10 Å². The molecule has 2 atom stereocenters. The molecule has 0 spiro atoms. The van der Waals surface area contributed by atoms with Gasteiger partial charge in [0.1, 0.15) is 17.6 Å². The van der Waals surface area contributed by atoms with E-state index in [9.17, 15) is 4.79 Å². The summed E-state index contributed by atoms with van der Waals surface area (Å²) in [6.07, 6.45) is 3.09. The summed E-state index contributed by atoms with van der Waals surface area (Å²) in [5, 5.41) is 3.34. The molecule has 0 bridgehead atoms. The van der Waals surface area contributed by atoms with Crippen molar-refractivity contribution in [3.63, 3.8) is 0 Å². The van der Waals surface area contributed by atoms with Crippen molar-refractivity contribution in [2.45, 2.75) is 19.1 Å². The topological polar surface area (TPSA) is 59.4 Å². The predicted molar refractivity (Wildman–Crippen MR) is 102 cm³/mol. The first-order valence-corrected chi connectivity index (χ1v) is 8.77. The van der Waals surface area contributed by atoms with E-state index in [1.165, 1.54) is 0 Å². The average molecular weight is 430 g/mol. The first kappa shape index (κ1) is 19.8. The number of halogens is 2. The number of carbonyl (C=O) groups is 1. The Morgan fingerprint density at radius 2 is 2.20 bits per heavy atom. The van der Waals surface area contributed by atoms with Crippen molar-refractivity contribution < 1.29 is 9.53 Å². The highest BCUT2D eigenvalue weighted by Crippen LogP contribution is 2.27. The molecule has 1 aromatic carbocycles. The zero-order valence-corrected chi connectivity index (χ0v) is 16.6. The van der Waals surface area contributed by atoms with Crippen molar-refractivity contribution >= 4 is 34.2 Å². The van der Waals surface area contributed by atoms with Crippen molar-refractivity contribution in [1.82, 2.24) is 19.8 Å². The Balaban J connectivity index is 0.00000225. The smallest absolute Gasteiger partial charge is 0.264 e. The van der Waals surface area contributed by atoms with Gasteiger partial charge in [0.05, 0.1) is 4.47 Å². The number of carbonyl (C=O) groups excluding carboxylic acids is 1. The van der Waals surface area contributed by atoms with Gasteiger partial charge in [0.15, 0.2) is 6.10 Å². The van der Waals surface area contributed by atoms with E-state index in [0.717, 1.165) is 16.8 Å². The van der Waals surface area contributed by atoms with Gasteiger partial charge in [-0.05, 0) is 35.0 Å². The van der Waals surface area contributed by atoms with Crippen molar-refractivity contribution in [3.8, 4) is 5.75 Å². The van der Waals surface area contributed by atoms with Crippen LogP contribution in [0.15, 0.2) is 41.1 Å². The van der Waals surface area contributed by atoms with Gasteiger partial charge >= 0.3 is 0 Å². The lowest BCUT2D eigenvalue weighted by atomic mass is 10.1. The van der Waals surface area contributed by atoms with E-state index in [0.29, 0.717) is 18.8 Å². The lowest BCUT2D eigenvalue weighted by Gasteiger charge is -2.37. The Morgan fingerprint density at radius 3 is 2.88 bits per heavy atom. The van der Waals surface area contributed by atoms with Gasteiger partial charge in [-0.15, -0.1) is 12.4 Å². The van der Waals surface area contributed by atoms with Gasteiger partial charge in [0.2, 0.25) is 0 Å². The molecule has 2 unspecified atom stereocenters. The molecular formula is C17H22BrClN4O2. The zero-order valence-electron chi connectivity index (χ0n) is 14.2. The first-order valence-electron chi connectivity index (χ1n) is 7.97. The van der Waals surface area contributed by atoms with E-state index in [4.69, 9.17) is 4.74 Å². The molecule has 2 aromatic rings. The molecule has 1 aliphatic rings. The van der Waals surface area contributed by atoms with Crippen LogP contribution in [0.3, 0.4) is 0 Å². The van der Waals surface area contributed by atoms with Crippen LogP contribution in [0.1, 0.15) is 18.8 Å². The molecule has 1 saturated heterocycles. The fraction of sp³-hybridized carbons (Fsp3) is 0.412. The van der Waals surface area contributed by atoms with Gasteiger partial charge in [-0.3, -0.25) is 4.79 Å². The molecule has 2 heterocycles. The van der Waals surface area contributed by atoms with Crippen molar-refractivity contribution in [2.24, 2.45) is 7.05 Å². The number of nitrogens with one attached hydrogen (secondary N) is 1. The van der Waals surface area contributed by atoms with Gasteiger partial charge in [0.25, 0.3) is 5.91 Å². The Hall–Kier alpha value is -1.57. The minimum Gasteiger partial charge on any atom is -0.480 e. The summed E-state index contributed by atoms with van der Waals surface area (Å²) in [5.74, 6) is 1.52. The number of piperazine rings is 1. The highest BCUT2D eigenvalue weighted by molar-refractivity contribution is 9.10. The third-order valence-electron chi connectivity index (χ3n) is 4.17. The minimum absolute atomic E-state index is 0. The molecule has 1 aromatic heterocycles. The van der Waals surface area contributed by atoms with Crippen LogP contribution in [0.5, 0.6) is 5.75 Å². The SMILES string of the molecule is CC(Oc1ccccc1Br)C(=O)N1CCNCC1c1nccn1C.Cl. The molecule has 1 aliphatic heterocycles. The van der Waals surface area contributed by atoms with Gasteiger partial charge < -0.3 is 19.5 Å². The van der Waals surface area contributed by atoms with Crippen molar-refractivity contribution in [2.75, 3.05) is 19.6 Å². The Bertz CT molecular complexity index is 724. The highest BCUT2D eigenvalue weighted by Gasteiger charge is 2.33. The van der Waals surface area contributed by atoms with Gasteiger partial charge in [-0.1, -0.05) is 12.1 Å². The highest BCUT2D eigenvalue weighted by atomic mass is 79.9. The number of hydrogen-bond donors (Lipinski definition) is 1. The number of hydrogen-bond acceptors (Lipinski definition) is 4. The monoisotopic (exact) mass is 428 g/mol. The number of ether oxygens (including phenoxy) is 1. The maximum Gasteiger partial charge on any atom is 0.264 e. The number of benzene rings is 1. The molecule has 0 radical (unpaired) electrons.